The number of hydrogen-bond donors (Lipinski definition) is 0. The molecular formula is C11H17F. The highest BCUT2D eigenvalue weighted by Crippen LogP contribution is 2.05. The smallest absolute Gasteiger partial charge is 0.123 e. The maximum absolute atomic E-state index is 12.5. The van der Waals surface area contributed by atoms with Gasteiger partial charge in [-0.1, -0.05) is 39.3 Å². The third-order valence-electron chi connectivity index (χ3n) is 1.43. The van der Waals surface area contributed by atoms with Crippen LogP contribution in [0.15, 0.2) is 24.3 Å². The van der Waals surface area contributed by atoms with Gasteiger partial charge in [-0.3, -0.25) is 0 Å². The fourth-order valence-corrected chi connectivity index (χ4v) is 0.981. The molecule has 0 heterocycles. The van der Waals surface area contributed by atoms with Gasteiger partial charge in [-0.2, -0.15) is 0 Å². The Kier molecular flexibility index (Phi) is 6.35. The lowest BCUT2D eigenvalue weighted by molar-refractivity contribution is 0.625. The van der Waals surface area contributed by atoms with Crippen molar-refractivity contribution in [1.29, 1.82) is 0 Å². The monoisotopic (exact) mass is 168 g/mol. The summed E-state index contributed by atoms with van der Waals surface area (Å²) in [7, 11) is 0. The van der Waals surface area contributed by atoms with Crippen molar-refractivity contribution in [2.45, 2.75) is 33.6 Å². The highest BCUT2D eigenvalue weighted by molar-refractivity contribution is 5.16. The van der Waals surface area contributed by atoms with Crippen LogP contribution in [-0.2, 0) is 6.42 Å². The van der Waals surface area contributed by atoms with Crippen molar-refractivity contribution in [2.24, 2.45) is 0 Å². The van der Waals surface area contributed by atoms with Crippen LogP contribution < -0.4 is 0 Å². The van der Waals surface area contributed by atoms with Crippen LogP contribution in [0.1, 0.15) is 32.8 Å². The zero-order chi connectivity index (χ0) is 9.40. The molecule has 0 radical (unpaired) electrons. The first-order chi connectivity index (χ1) is 5.83. The predicted octanol–water partition coefficient (Wildman–Crippen LogP) is 3.80. The van der Waals surface area contributed by atoms with Gasteiger partial charge in [0.25, 0.3) is 0 Å². The maximum Gasteiger partial charge on any atom is 0.123 e. The van der Waals surface area contributed by atoms with Crippen LogP contribution in [0, 0.1) is 5.82 Å². The van der Waals surface area contributed by atoms with Crippen LogP contribution in [0.3, 0.4) is 0 Å². The number of hydrogen-bond acceptors (Lipinski definition) is 0. The first-order valence-electron chi connectivity index (χ1n) is 4.57. The molecule has 0 N–H and O–H groups in total. The Morgan fingerprint density at radius 2 is 1.92 bits per heavy atom. The highest BCUT2D eigenvalue weighted by Gasteiger charge is 1.91. The summed E-state index contributed by atoms with van der Waals surface area (Å²) in [6.07, 6.45) is 2.04. The van der Waals surface area contributed by atoms with Crippen molar-refractivity contribution in [3.05, 3.63) is 35.6 Å². The van der Waals surface area contributed by atoms with Crippen LogP contribution in [0.5, 0.6) is 0 Å². The maximum atomic E-state index is 12.5. The summed E-state index contributed by atoms with van der Waals surface area (Å²) in [5.74, 6) is -0.133. The van der Waals surface area contributed by atoms with Gasteiger partial charge in [0.1, 0.15) is 5.82 Å². The second-order valence-corrected chi connectivity index (χ2v) is 2.38. The minimum absolute atomic E-state index is 0.133. The molecule has 0 saturated carbocycles. The van der Waals surface area contributed by atoms with E-state index >= 15 is 0 Å². The molecule has 68 valence electrons. The number of aryl methyl sites for hydroxylation is 1. The molecular weight excluding hydrogens is 151 g/mol. The van der Waals surface area contributed by atoms with Gasteiger partial charge in [0, 0.05) is 0 Å². The van der Waals surface area contributed by atoms with Crippen LogP contribution in [0.4, 0.5) is 4.39 Å². The Morgan fingerprint density at radius 1 is 1.25 bits per heavy atom. The van der Waals surface area contributed by atoms with E-state index in [0.717, 1.165) is 18.4 Å². The zero-order valence-electron chi connectivity index (χ0n) is 8.10. The van der Waals surface area contributed by atoms with E-state index in [4.69, 9.17) is 0 Å². The first-order valence-corrected chi connectivity index (χ1v) is 4.57. The fourth-order valence-electron chi connectivity index (χ4n) is 0.981. The first kappa shape index (κ1) is 11.2. The molecule has 0 aliphatic rings. The van der Waals surface area contributed by atoms with E-state index < -0.39 is 0 Å². The molecule has 0 spiro atoms. The topological polar surface area (TPSA) is 0 Å². The van der Waals surface area contributed by atoms with Gasteiger partial charge in [-0.05, 0) is 24.1 Å². The molecule has 0 aliphatic heterocycles. The van der Waals surface area contributed by atoms with Crippen LogP contribution in [-0.4, -0.2) is 0 Å². The molecule has 0 saturated heterocycles. The number of halogens is 1. The van der Waals surface area contributed by atoms with E-state index in [0.29, 0.717) is 0 Å². The summed E-state index contributed by atoms with van der Waals surface area (Å²) in [5.41, 5.74) is 1.09. The molecule has 0 nitrogen and oxygen atoms in total. The van der Waals surface area contributed by atoms with Gasteiger partial charge in [0.05, 0.1) is 0 Å². The van der Waals surface area contributed by atoms with Crippen molar-refractivity contribution in [2.75, 3.05) is 0 Å². The zero-order valence-corrected chi connectivity index (χ0v) is 8.10. The van der Waals surface area contributed by atoms with Gasteiger partial charge in [0.2, 0.25) is 0 Å². The van der Waals surface area contributed by atoms with Crippen molar-refractivity contribution < 1.29 is 4.39 Å². The summed E-state index contributed by atoms with van der Waals surface area (Å²) in [4.78, 5) is 0. The lowest BCUT2D eigenvalue weighted by atomic mass is 10.1. The molecule has 1 aromatic carbocycles. The third kappa shape index (κ3) is 4.12. The summed E-state index contributed by atoms with van der Waals surface area (Å²) >= 11 is 0. The Labute approximate surface area is 74.4 Å². The lowest BCUT2D eigenvalue weighted by Crippen LogP contribution is -1.82. The second kappa shape index (κ2) is 6.84. The van der Waals surface area contributed by atoms with E-state index in [9.17, 15) is 4.39 Å². The Bertz CT molecular complexity index is 206. The predicted molar refractivity (Wildman–Crippen MR) is 51.7 cm³/mol. The molecule has 0 bridgehead atoms. The van der Waals surface area contributed by atoms with E-state index in [1.165, 1.54) is 6.07 Å². The molecule has 0 atom stereocenters. The van der Waals surface area contributed by atoms with Crippen molar-refractivity contribution in [3.8, 4) is 0 Å². The third-order valence-corrected chi connectivity index (χ3v) is 1.43. The van der Waals surface area contributed by atoms with Gasteiger partial charge in [0.15, 0.2) is 0 Å². The molecule has 1 aromatic rings. The summed E-state index contributed by atoms with van der Waals surface area (Å²) in [6, 6.07) is 6.76. The molecule has 1 heteroatoms. The van der Waals surface area contributed by atoms with Crippen molar-refractivity contribution in [1.82, 2.24) is 0 Å². The Morgan fingerprint density at radius 3 is 2.42 bits per heavy atom. The van der Waals surface area contributed by atoms with Crippen LogP contribution >= 0.6 is 0 Å². The van der Waals surface area contributed by atoms with E-state index in [-0.39, 0.29) is 5.82 Å². The largest absolute Gasteiger partial charge is 0.207 e. The highest BCUT2D eigenvalue weighted by atomic mass is 19.1. The summed E-state index contributed by atoms with van der Waals surface area (Å²) in [6.45, 7) is 6.09. The summed E-state index contributed by atoms with van der Waals surface area (Å²) < 4.78 is 12.5. The van der Waals surface area contributed by atoms with E-state index in [2.05, 4.69) is 6.92 Å². The van der Waals surface area contributed by atoms with Gasteiger partial charge in [-0.25, -0.2) is 4.39 Å². The molecule has 12 heavy (non-hydrogen) atoms. The average molecular weight is 168 g/mol. The molecule has 0 amide bonds. The minimum Gasteiger partial charge on any atom is -0.207 e. The SMILES string of the molecule is CC.CCCc1cccc(F)c1. The molecule has 0 aliphatic carbocycles. The van der Waals surface area contributed by atoms with Crippen LogP contribution in [0.25, 0.3) is 0 Å². The Hall–Kier alpha value is -0.850. The quantitative estimate of drug-likeness (QED) is 0.630. The van der Waals surface area contributed by atoms with Gasteiger partial charge < -0.3 is 0 Å². The van der Waals surface area contributed by atoms with Gasteiger partial charge in [-0.15, -0.1) is 0 Å². The number of benzene rings is 1. The molecule has 0 aromatic heterocycles. The molecule has 0 unspecified atom stereocenters. The molecule has 1 rings (SSSR count). The van der Waals surface area contributed by atoms with Crippen LogP contribution in [0.2, 0.25) is 0 Å². The fraction of sp³-hybridized carbons (Fsp3) is 0.455. The standard InChI is InChI=1S/C9H11F.C2H6/c1-2-4-8-5-3-6-9(10)7-8;1-2/h3,5-7H,2,4H2,1H3;1-2H3. The lowest BCUT2D eigenvalue weighted by Gasteiger charge is -1.95. The van der Waals surface area contributed by atoms with E-state index in [1.54, 1.807) is 12.1 Å². The minimum atomic E-state index is -0.133. The number of rotatable bonds is 2. The molecule has 0 fully saturated rings. The normalized spacial score (nSPS) is 8.67. The summed E-state index contributed by atoms with van der Waals surface area (Å²) in [5, 5.41) is 0. The Balaban J connectivity index is 0.000000561. The average Bonchev–Trinajstić information content (AvgIpc) is 2.09. The van der Waals surface area contributed by atoms with E-state index in [1.807, 2.05) is 19.9 Å². The second-order valence-electron chi connectivity index (χ2n) is 2.38. The van der Waals surface area contributed by atoms with Crippen molar-refractivity contribution in [3.63, 3.8) is 0 Å². The van der Waals surface area contributed by atoms with Gasteiger partial charge >= 0.3 is 0 Å². The van der Waals surface area contributed by atoms with Crippen molar-refractivity contribution >= 4 is 0 Å².